The van der Waals surface area contributed by atoms with E-state index in [-0.39, 0.29) is 11.4 Å². The zero-order valence-electron chi connectivity index (χ0n) is 12.3. The Hall–Kier alpha value is -2.50. The van der Waals surface area contributed by atoms with Gasteiger partial charge in [-0.2, -0.15) is 0 Å². The summed E-state index contributed by atoms with van der Waals surface area (Å²) in [5.74, 6) is -1.11. The smallest absolute Gasteiger partial charge is 0.419 e. The van der Waals surface area contributed by atoms with E-state index >= 15 is 0 Å². The lowest BCUT2D eigenvalue weighted by Gasteiger charge is -2.20. The van der Waals surface area contributed by atoms with E-state index in [4.69, 9.17) is 4.74 Å². The van der Waals surface area contributed by atoms with E-state index < -0.39 is 17.7 Å². The van der Waals surface area contributed by atoms with Crippen molar-refractivity contribution in [1.82, 2.24) is 4.57 Å². The van der Waals surface area contributed by atoms with E-state index in [9.17, 15) is 14.7 Å². The van der Waals surface area contributed by atoms with Crippen molar-refractivity contribution < 1.29 is 24.2 Å². The molecule has 0 aliphatic heterocycles. The number of methoxy groups -OCH3 is 1. The molecule has 0 radical (unpaired) electrons. The number of nitrogens with zero attached hydrogens (tertiary/aromatic N) is 1. The van der Waals surface area contributed by atoms with E-state index in [0.717, 1.165) is 4.57 Å². The Morgan fingerprint density at radius 1 is 1.19 bits per heavy atom. The highest BCUT2D eigenvalue weighted by Crippen LogP contribution is 2.33. The third-order valence-corrected chi connectivity index (χ3v) is 2.80. The number of hydrogen-bond donors (Lipinski definition) is 1. The highest BCUT2D eigenvalue weighted by molar-refractivity contribution is 6.06. The fourth-order valence-electron chi connectivity index (χ4n) is 2.00. The summed E-state index contributed by atoms with van der Waals surface area (Å²) < 4.78 is 11.0. The quantitative estimate of drug-likeness (QED) is 0.817. The molecule has 6 nitrogen and oxygen atoms in total. The van der Waals surface area contributed by atoms with Gasteiger partial charge in [0.25, 0.3) is 0 Å². The molecule has 0 saturated heterocycles. The van der Waals surface area contributed by atoms with Gasteiger partial charge in [0, 0.05) is 5.39 Å². The lowest BCUT2D eigenvalue weighted by molar-refractivity contribution is 0.0486. The first-order valence-electron chi connectivity index (χ1n) is 6.40. The number of carbonyl (C=O) groups excluding carboxylic acids is 2. The van der Waals surface area contributed by atoms with E-state index in [1.807, 2.05) is 0 Å². The molecule has 0 unspecified atom stereocenters. The number of rotatable bonds is 1. The molecule has 2 rings (SSSR count). The van der Waals surface area contributed by atoms with Crippen molar-refractivity contribution in [1.29, 1.82) is 0 Å². The molecule has 1 heterocycles. The molecule has 0 amide bonds. The first-order chi connectivity index (χ1) is 9.76. The van der Waals surface area contributed by atoms with Gasteiger partial charge >= 0.3 is 12.1 Å². The number of aromatic hydroxyl groups is 1. The van der Waals surface area contributed by atoms with Gasteiger partial charge in [0.2, 0.25) is 0 Å². The number of carbonyl (C=O) groups is 2. The lowest BCUT2D eigenvalue weighted by Crippen LogP contribution is -2.29. The van der Waals surface area contributed by atoms with Crippen LogP contribution in [0.15, 0.2) is 24.3 Å². The Morgan fingerprint density at radius 2 is 1.81 bits per heavy atom. The number of esters is 1. The molecule has 0 saturated carbocycles. The minimum absolute atomic E-state index is 0.243. The summed E-state index contributed by atoms with van der Waals surface area (Å²) in [4.78, 5) is 24.2. The molecule has 1 aromatic carbocycles. The maximum atomic E-state index is 12.4. The average molecular weight is 291 g/mol. The van der Waals surface area contributed by atoms with E-state index in [1.165, 1.54) is 7.11 Å². The highest BCUT2D eigenvalue weighted by atomic mass is 16.6. The van der Waals surface area contributed by atoms with Gasteiger partial charge in [-0.25, -0.2) is 14.2 Å². The number of hydrogen-bond acceptors (Lipinski definition) is 5. The van der Waals surface area contributed by atoms with E-state index in [1.54, 1.807) is 45.0 Å². The Morgan fingerprint density at radius 3 is 2.38 bits per heavy atom. The second-order valence-corrected chi connectivity index (χ2v) is 5.52. The molecule has 0 aliphatic carbocycles. The standard InChI is InChI=1S/C15H17NO5/c1-15(2,3)21-14(19)16-10-8-6-5-7-9(10)12(17)11(16)13(18)20-4/h5-8,17H,1-4H3. The first-order valence-corrected chi connectivity index (χ1v) is 6.40. The van der Waals surface area contributed by atoms with Gasteiger partial charge in [-0.15, -0.1) is 0 Å². The second kappa shape index (κ2) is 5.12. The minimum Gasteiger partial charge on any atom is -0.505 e. The summed E-state index contributed by atoms with van der Waals surface area (Å²) in [6.07, 6.45) is -0.751. The summed E-state index contributed by atoms with van der Waals surface area (Å²) >= 11 is 0. The van der Waals surface area contributed by atoms with Gasteiger partial charge in [-0.05, 0) is 32.9 Å². The van der Waals surface area contributed by atoms with Crippen LogP contribution < -0.4 is 0 Å². The predicted molar refractivity (Wildman–Crippen MR) is 76.6 cm³/mol. The average Bonchev–Trinajstić information content (AvgIpc) is 2.70. The number of aromatic nitrogens is 1. The van der Waals surface area contributed by atoms with Gasteiger partial charge in [-0.1, -0.05) is 12.1 Å². The maximum absolute atomic E-state index is 12.4. The number of ether oxygens (including phenoxy) is 2. The van der Waals surface area contributed by atoms with Gasteiger partial charge in [0.1, 0.15) is 5.60 Å². The molecule has 6 heteroatoms. The third kappa shape index (κ3) is 2.69. The van der Waals surface area contributed by atoms with E-state index in [2.05, 4.69) is 4.74 Å². The van der Waals surface area contributed by atoms with Crippen LogP contribution in [-0.2, 0) is 9.47 Å². The molecule has 21 heavy (non-hydrogen) atoms. The zero-order chi connectivity index (χ0) is 15.8. The highest BCUT2D eigenvalue weighted by Gasteiger charge is 2.29. The Kier molecular flexibility index (Phi) is 3.63. The predicted octanol–water partition coefficient (Wildman–Crippen LogP) is 2.92. The zero-order valence-corrected chi connectivity index (χ0v) is 12.3. The Labute approximate surface area is 121 Å². The molecule has 2 aromatic rings. The molecule has 0 fully saturated rings. The molecule has 0 bridgehead atoms. The van der Waals surface area contributed by atoms with Crippen LogP contribution in [0.25, 0.3) is 10.9 Å². The number of fused-ring (bicyclic) bond motifs is 1. The molecule has 1 N–H and O–H groups in total. The summed E-state index contributed by atoms with van der Waals surface area (Å²) in [6.45, 7) is 5.15. The number of benzene rings is 1. The van der Waals surface area contributed by atoms with Crippen LogP contribution in [-0.4, -0.2) is 34.4 Å². The summed E-state index contributed by atoms with van der Waals surface area (Å²) in [7, 11) is 1.18. The van der Waals surface area contributed by atoms with Crippen molar-refractivity contribution >= 4 is 23.0 Å². The second-order valence-electron chi connectivity index (χ2n) is 5.52. The van der Waals surface area contributed by atoms with Crippen molar-refractivity contribution in [2.45, 2.75) is 26.4 Å². The fourth-order valence-corrected chi connectivity index (χ4v) is 2.00. The van der Waals surface area contributed by atoms with Gasteiger partial charge in [-0.3, -0.25) is 0 Å². The van der Waals surface area contributed by atoms with Crippen molar-refractivity contribution in [3.8, 4) is 5.75 Å². The molecule has 0 atom stereocenters. The fraction of sp³-hybridized carbons (Fsp3) is 0.333. The summed E-state index contributed by atoms with van der Waals surface area (Å²) in [5.41, 5.74) is -0.594. The van der Waals surface area contributed by atoms with Crippen LogP contribution in [0.4, 0.5) is 4.79 Å². The monoisotopic (exact) mass is 291 g/mol. The molecule has 112 valence electrons. The summed E-state index contributed by atoms with van der Waals surface area (Å²) in [5, 5.41) is 10.6. The van der Waals surface area contributed by atoms with Crippen molar-refractivity contribution in [3.63, 3.8) is 0 Å². The van der Waals surface area contributed by atoms with Gasteiger partial charge in [0.15, 0.2) is 11.4 Å². The summed E-state index contributed by atoms with van der Waals surface area (Å²) in [6, 6.07) is 6.62. The largest absolute Gasteiger partial charge is 0.505 e. The van der Waals surface area contributed by atoms with Gasteiger partial charge in [0.05, 0.1) is 12.6 Å². The molecule has 0 aliphatic rings. The minimum atomic E-state index is -0.811. The van der Waals surface area contributed by atoms with Crippen LogP contribution >= 0.6 is 0 Å². The van der Waals surface area contributed by atoms with Crippen LogP contribution in [0.2, 0.25) is 0 Å². The van der Waals surface area contributed by atoms with Crippen LogP contribution in [0.1, 0.15) is 31.3 Å². The first kappa shape index (κ1) is 14.9. The molecular formula is C15H17NO5. The molecule has 0 spiro atoms. The number of para-hydroxylation sites is 1. The maximum Gasteiger partial charge on any atom is 0.419 e. The molecule has 1 aromatic heterocycles. The van der Waals surface area contributed by atoms with Crippen LogP contribution in [0.3, 0.4) is 0 Å². The van der Waals surface area contributed by atoms with Crippen molar-refractivity contribution in [2.75, 3.05) is 7.11 Å². The Bertz CT molecular complexity index is 709. The van der Waals surface area contributed by atoms with Crippen LogP contribution in [0, 0.1) is 0 Å². The molecular weight excluding hydrogens is 274 g/mol. The lowest BCUT2D eigenvalue weighted by atomic mass is 10.2. The SMILES string of the molecule is COC(=O)c1c(O)c2ccccc2n1C(=O)OC(C)(C)C. The van der Waals surface area contributed by atoms with Crippen molar-refractivity contribution in [3.05, 3.63) is 30.0 Å². The normalized spacial score (nSPS) is 11.4. The van der Waals surface area contributed by atoms with Gasteiger partial charge < -0.3 is 14.6 Å². The van der Waals surface area contributed by atoms with Crippen LogP contribution in [0.5, 0.6) is 5.75 Å². The third-order valence-electron chi connectivity index (χ3n) is 2.80. The Balaban J connectivity index is 2.70. The van der Waals surface area contributed by atoms with E-state index in [0.29, 0.717) is 10.9 Å². The topological polar surface area (TPSA) is 77.8 Å². The van der Waals surface area contributed by atoms with Crippen molar-refractivity contribution in [2.24, 2.45) is 0 Å².